The smallest absolute Gasteiger partial charge is 0.334 e. The molecule has 0 bridgehead atoms. The largest absolute Gasteiger partial charge is 0.433 e. The van der Waals surface area contributed by atoms with Gasteiger partial charge < -0.3 is 15.2 Å². The molecule has 0 aliphatic heterocycles. The van der Waals surface area contributed by atoms with Crippen molar-refractivity contribution in [2.24, 2.45) is 5.73 Å². The molecule has 2 N–H and O–H groups in total. The molecule has 76 valence electrons. The lowest BCUT2D eigenvalue weighted by atomic mass is 10.4. The molecule has 0 aromatic carbocycles. The summed E-state index contributed by atoms with van der Waals surface area (Å²) in [6.45, 7) is 5.88. The van der Waals surface area contributed by atoms with E-state index in [1.54, 1.807) is 6.92 Å². The minimum Gasteiger partial charge on any atom is -0.433 e. The van der Waals surface area contributed by atoms with Crippen LogP contribution in [0.2, 0.25) is 0 Å². The summed E-state index contributed by atoms with van der Waals surface area (Å²) in [7, 11) is 0. The topological polar surface area (TPSA) is 61.5 Å². The summed E-state index contributed by atoms with van der Waals surface area (Å²) in [6.07, 6.45) is 1.41. The van der Waals surface area contributed by atoms with Crippen molar-refractivity contribution < 1.29 is 14.3 Å². The molecule has 4 nitrogen and oxygen atoms in total. The van der Waals surface area contributed by atoms with Crippen molar-refractivity contribution in [2.75, 3.05) is 6.61 Å². The predicted molar refractivity (Wildman–Crippen MR) is 49.7 cm³/mol. The van der Waals surface area contributed by atoms with Crippen molar-refractivity contribution in [2.45, 2.75) is 33.5 Å². The molecule has 0 aromatic rings. The molecule has 0 saturated heterocycles. The second kappa shape index (κ2) is 6.48. The molecule has 0 aliphatic rings. The van der Waals surface area contributed by atoms with Crippen LogP contribution in [0.15, 0.2) is 11.8 Å². The summed E-state index contributed by atoms with van der Waals surface area (Å²) >= 11 is 0. The van der Waals surface area contributed by atoms with Gasteiger partial charge in [0.15, 0.2) is 0 Å². The fourth-order valence-electron chi connectivity index (χ4n) is 0.771. The molecular formula is C9H17NO3. The Morgan fingerprint density at radius 2 is 2.15 bits per heavy atom. The van der Waals surface area contributed by atoms with E-state index in [2.05, 4.69) is 0 Å². The van der Waals surface area contributed by atoms with Crippen LogP contribution in [0.4, 0.5) is 0 Å². The van der Waals surface area contributed by atoms with Crippen molar-refractivity contribution >= 4 is 5.97 Å². The number of ether oxygens (including phenoxy) is 2. The summed E-state index contributed by atoms with van der Waals surface area (Å²) < 4.78 is 10.1. The lowest BCUT2D eigenvalue weighted by Crippen LogP contribution is -2.20. The number of esters is 1. The van der Waals surface area contributed by atoms with Crippen LogP contribution >= 0.6 is 0 Å². The molecule has 1 unspecified atom stereocenters. The molecule has 0 radical (unpaired) electrons. The average Bonchev–Trinajstić information content (AvgIpc) is 2.02. The summed E-state index contributed by atoms with van der Waals surface area (Å²) in [5.41, 5.74) is 5.73. The van der Waals surface area contributed by atoms with E-state index in [1.165, 1.54) is 6.08 Å². The fraction of sp³-hybridized carbons (Fsp3) is 0.667. The van der Waals surface area contributed by atoms with Crippen molar-refractivity contribution in [3.63, 3.8) is 0 Å². The van der Waals surface area contributed by atoms with E-state index in [9.17, 15) is 4.79 Å². The van der Waals surface area contributed by atoms with Gasteiger partial charge in [0.1, 0.15) is 0 Å². The molecule has 0 aromatic heterocycles. The Bertz CT molecular complexity index is 185. The lowest BCUT2D eigenvalue weighted by molar-refractivity contribution is -0.172. The molecule has 1 atom stereocenters. The molecular weight excluding hydrogens is 170 g/mol. The molecule has 0 rings (SSSR count). The Hall–Kier alpha value is -1.03. The highest BCUT2D eigenvalue weighted by Crippen LogP contribution is 2.01. The zero-order valence-corrected chi connectivity index (χ0v) is 8.37. The van der Waals surface area contributed by atoms with E-state index in [1.807, 2.05) is 13.8 Å². The van der Waals surface area contributed by atoms with E-state index < -0.39 is 12.3 Å². The van der Waals surface area contributed by atoms with Gasteiger partial charge in [0.05, 0.1) is 0 Å². The van der Waals surface area contributed by atoms with E-state index in [0.717, 1.165) is 0 Å². The van der Waals surface area contributed by atoms with Gasteiger partial charge in [0.2, 0.25) is 6.29 Å². The molecule has 0 spiro atoms. The third-order valence-electron chi connectivity index (χ3n) is 1.28. The summed E-state index contributed by atoms with van der Waals surface area (Å²) in [5.74, 6) is -0.458. The van der Waals surface area contributed by atoms with Crippen LogP contribution in [0.5, 0.6) is 0 Å². The van der Waals surface area contributed by atoms with Gasteiger partial charge >= 0.3 is 5.97 Å². The highest BCUT2D eigenvalue weighted by molar-refractivity contribution is 5.82. The fourth-order valence-corrected chi connectivity index (χ4v) is 0.771. The maximum absolute atomic E-state index is 11.0. The summed E-state index contributed by atoms with van der Waals surface area (Å²) in [4.78, 5) is 11.0. The van der Waals surface area contributed by atoms with Crippen LogP contribution in [0.3, 0.4) is 0 Å². The number of hydrogen-bond donors (Lipinski definition) is 1. The predicted octanol–water partition coefficient (Wildman–Crippen LogP) is 1.16. The average molecular weight is 187 g/mol. The lowest BCUT2D eigenvalue weighted by Gasteiger charge is -2.14. The van der Waals surface area contributed by atoms with Crippen LogP contribution in [0.1, 0.15) is 27.2 Å². The Morgan fingerprint density at radius 1 is 1.54 bits per heavy atom. The van der Waals surface area contributed by atoms with E-state index in [0.29, 0.717) is 18.7 Å². The first-order chi connectivity index (χ1) is 6.10. The number of hydrogen-bond acceptors (Lipinski definition) is 4. The molecule has 0 saturated carbocycles. The third kappa shape index (κ3) is 6.16. The number of nitrogens with two attached hydrogens (primary N) is 1. The molecule has 13 heavy (non-hydrogen) atoms. The first kappa shape index (κ1) is 12.0. The molecule has 0 amide bonds. The molecule has 0 aliphatic carbocycles. The Balaban J connectivity index is 3.94. The van der Waals surface area contributed by atoms with Crippen LogP contribution < -0.4 is 5.73 Å². The van der Waals surface area contributed by atoms with Crippen molar-refractivity contribution in [3.8, 4) is 0 Å². The standard InChI is InChI=1S/C9H17NO3/c1-4-9(12-5-2)13-8(11)6-7(3)10/h6,9H,4-5,10H2,1-3H3/b7-6-. The highest BCUT2D eigenvalue weighted by atomic mass is 16.7. The Morgan fingerprint density at radius 3 is 2.54 bits per heavy atom. The van der Waals surface area contributed by atoms with Gasteiger partial charge in [-0.05, 0) is 13.8 Å². The number of carbonyl (C=O) groups is 1. The number of carbonyl (C=O) groups excluding carboxylic acids is 1. The second-order valence-corrected chi connectivity index (χ2v) is 2.62. The monoisotopic (exact) mass is 187 g/mol. The van der Waals surface area contributed by atoms with E-state index in [4.69, 9.17) is 15.2 Å². The zero-order valence-electron chi connectivity index (χ0n) is 8.37. The Kier molecular flexibility index (Phi) is 5.97. The highest BCUT2D eigenvalue weighted by Gasteiger charge is 2.09. The van der Waals surface area contributed by atoms with Gasteiger partial charge in [-0.15, -0.1) is 0 Å². The quantitative estimate of drug-likeness (QED) is 0.398. The van der Waals surface area contributed by atoms with Crippen LogP contribution in [-0.2, 0) is 14.3 Å². The first-order valence-electron chi connectivity index (χ1n) is 4.36. The van der Waals surface area contributed by atoms with Gasteiger partial charge in [-0.1, -0.05) is 6.92 Å². The van der Waals surface area contributed by atoms with Crippen LogP contribution in [0, 0.1) is 0 Å². The van der Waals surface area contributed by atoms with Gasteiger partial charge in [-0.25, -0.2) is 4.79 Å². The normalized spacial score (nSPS) is 13.9. The van der Waals surface area contributed by atoms with Gasteiger partial charge in [-0.3, -0.25) is 0 Å². The molecule has 4 heteroatoms. The first-order valence-corrected chi connectivity index (χ1v) is 4.36. The van der Waals surface area contributed by atoms with Gasteiger partial charge in [0, 0.05) is 24.8 Å². The minimum absolute atomic E-state index is 0.427. The van der Waals surface area contributed by atoms with Crippen LogP contribution in [-0.4, -0.2) is 18.9 Å². The van der Waals surface area contributed by atoms with Gasteiger partial charge in [-0.2, -0.15) is 0 Å². The van der Waals surface area contributed by atoms with Crippen molar-refractivity contribution in [3.05, 3.63) is 11.8 Å². The third-order valence-corrected chi connectivity index (χ3v) is 1.28. The minimum atomic E-state index is -0.465. The molecule has 0 heterocycles. The molecule has 0 fully saturated rings. The number of rotatable bonds is 5. The zero-order chi connectivity index (χ0) is 10.3. The van der Waals surface area contributed by atoms with Gasteiger partial charge in [0.25, 0.3) is 0 Å². The Labute approximate surface area is 78.7 Å². The maximum atomic E-state index is 11.0. The van der Waals surface area contributed by atoms with Crippen molar-refractivity contribution in [1.82, 2.24) is 0 Å². The maximum Gasteiger partial charge on any atom is 0.334 e. The van der Waals surface area contributed by atoms with E-state index >= 15 is 0 Å². The summed E-state index contributed by atoms with van der Waals surface area (Å²) in [6, 6.07) is 0. The number of allylic oxidation sites excluding steroid dienone is 1. The SMILES string of the molecule is CCOC(CC)OC(=O)/C=C(/C)N. The summed E-state index contributed by atoms with van der Waals surface area (Å²) in [5, 5.41) is 0. The second-order valence-electron chi connectivity index (χ2n) is 2.62. The van der Waals surface area contributed by atoms with E-state index in [-0.39, 0.29) is 0 Å². The van der Waals surface area contributed by atoms with Crippen LogP contribution in [0.25, 0.3) is 0 Å². The van der Waals surface area contributed by atoms with Crippen molar-refractivity contribution in [1.29, 1.82) is 0 Å².